The van der Waals surface area contributed by atoms with Gasteiger partial charge in [0.2, 0.25) is 0 Å². The van der Waals surface area contributed by atoms with Gasteiger partial charge in [0, 0.05) is 23.2 Å². The van der Waals surface area contributed by atoms with Crippen LogP contribution in [0.25, 0.3) is 0 Å². The van der Waals surface area contributed by atoms with Crippen molar-refractivity contribution in [2.45, 2.75) is 71.5 Å². The quantitative estimate of drug-likeness (QED) is 0.539. The molecule has 3 rings (SSSR count). The zero-order valence-electron chi connectivity index (χ0n) is 19.4. The average molecular weight is 507 g/mol. The lowest BCUT2D eigenvalue weighted by molar-refractivity contribution is -0.144. The van der Waals surface area contributed by atoms with Gasteiger partial charge in [-0.3, -0.25) is 9.59 Å². The van der Waals surface area contributed by atoms with Crippen molar-refractivity contribution in [1.29, 1.82) is 0 Å². The first-order chi connectivity index (χ1) is 14.8. The maximum atomic E-state index is 13.4. The molecule has 2 N–H and O–H groups in total. The van der Waals surface area contributed by atoms with Gasteiger partial charge in [0.25, 0.3) is 0 Å². The number of aliphatic hydroxyl groups is 2. The summed E-state index contributed by atoms with van der Waals surface area (Å²) in [6.45, 7) is 11.9. The van der Waals surface area contributed by atoms with E-state index >= 15 is 0 Å². The Kier molecular flexibility index (Phi) is 7.38. The van der Waals surface area contributed by atoms with Crippen LogP contribution in [0.3, 0.4) is 0 Å². The maximum absolute atomic E-state index is 13.4. The Balaban J connectivity index is 2.15. The molecule has 2 aliphatic carbocycles. The van der Waals surface area contributed by atoms with Crippen molar-refractivity contribution < 1.29 is 24.5 Å². The van der Waals surface area contributed by atoms with E-state index in [1.807, 2.05) is 39.8 Å². The molecule has 0 aromatic heterocycles. The summed E-state index contributed by atoms with van der Waals surface area (Å²) < 4.78 is 6.68. The molecule has 0 heterocycles. The number of rotatable bonds is 6. The summed E-state index contributed by atoms with van der Waals surface area (Å²) >= 11 is 3.51. The number of aliphatic hydroxyl groups excluding tert-OH is 2. The Bertz CT molecular complexity index is 848. The highest BCUT2D eigenvalue weighted by Gasteiger charge is 2.52. The molecule has 176 valence electrons. The van der Waals surface area contributed by atoms with Crippen LogP contribution in [0.5, 0.6) is 5.75 Å². The number of halogens is 1. The molecule has 0 radical (unpaired) electrons. The number of ketones is 2. The number of hydrogen-bond acceptors (Lipinski definition) is 5. The van der Waals surface area contributed by atoms with Crippen molar-refractivity contribution >= 4 is 27.5 Å². The van der Waals surface area contributed by atoms with Crippen molar-refractivity contribution in [3.05, 3.63) is 40.9 Å². The van der Waals surface area contributed by atoms with Gasteiger partial charge in [-0.15, -0.1) is 0 Å². The maximum Gasteiger partial charge on any atom is 0.139 e. The molecule has 32 heavy (non-hydrogen) atoms. The first-order valence-electron chi connectivity index (χ1n) is 11.3. The monoisotopic (exact) mass is 506 g/mol. The number of benzene rings is 1. The highest BCUT2D eigenvalue weighted by molar-refractivity contribution is 9.10. The second-order valence-corrected chi connectivity index (χ2v) is 11.9. The molecule has 0 bridgehead atoms. The Morgan fingerprint density at radius 3 is 2.00 bits per heavy atom. The highest BCUT2D eigenvalue weighted by atomic mass is 79.9. The minimum absolute atomic E-state index is 0.0711. The van der Waals surface area contributed by atoms with E-state index in [1.54, 1.807) is 12.1 Å². The molecule has 0 saturated heterocycles. The molecule has 0 spiro atoms. The van der Waals surface area contributed by atoms with Crippen LogP contribution in [0, 0.1) is 22.7 Å². The number of carbonyl (C=O) groups is 2. The number of ether oxygens (including phenoxy) is 1. The van der Waals surface area contributed by atoms with Crippen LogP contribution in [-0.4, -0.2) is 40.6 Å². The van der Waals surface area contributed by atoms with E-state index in [0.29, 0.717) is 37.0 Å². The molecule has 2 saturated carbocycles. The molecule has 1 aromatic carbocycles. The molecule has 2 aliphatic rings. The third kappa shape index (κ3) is 5.35. The van der Waals surface area contributed by atoms with Gasteiger partial charge in [-0.05, 0) is 47.4 Å². The number of hydrogen-bond donors (Lipinski definition) is 2. The van der Waals surface area contributed by atoms with Gasteiger partial charge in [-0.25, -0.2) is 0 Å². The Morgan fingerprint density at radius 1 is 1.06 bits per heavy atom. The fraction of sp³-hybridized carbons (Fsp3) is 0.615. The van der Waals surface area contributed by atoms with Crippen LogP contribution in [0.15, 0.2) is 35.3 Å². The average Bonchev–Trinajstić information content (AvgIpc) is 2.62. The summed E-state index contributed by atoms with van der Waals surface area (Å²) in [6.07, 6.45) is 1.38. The second-order valence-electron chi connectivity index (χ2n) is 11.0. The van der Waals surface area contributed by atoms with Gasteiger partial charge < -0.3 is 14.9 Å². The topological polar surface area (TPSA) is 83.8 Å². The zero-order chi connectivity index (χ0) is 23.8. The smallest absolute Gasteiger partial charge is 0.139 e. The van der Waals surface area contributed by atoms with Crippen molar-refractivity contribution in [2.75, 3.05) is 6.61 Å². The van der Waals surface area contributed by atoms with Crippen LogP contribution in [-0.2, 0) is 9.59 Å². The third-order valence-corrected chi connectivity index (χ3v) is 7.36. The normalized spacial score (nSPS) is 30.6. The van der Waals surface area contributed by atoms with E-state index in [1.165, 1.54) is 0 Å². The van der Waals surface area contributed by atoms with Gasteiger partial charge in [0.15, 0.2) is 0 Å². The molecule has 1 unspecified atom stereocenters. The van der Waals surface area contributed by atoms with Gasteiger partial charge >= 0.3 is 0 Å². The van der Waals surface area contributed by atoms with Crippen LogP contribution < -0.4 is 4.74 Å². The van der Waals surface area contributed by atoms with Crippen molar-refractivity contribution in [2.24, 2.45) is 22.7 Å². The third-order valence-electron chi connectivity index (χ3n) is 6.86. The molecule has 0 amide bonds. The standard InChI is InChI=1S/C26H35BrO5/c1-6-9-32-21-8-7-15(27)10-16(21)22(23-17(28)11-25(2,3)12-18(23)29)24-19(30)13-26(4,5)14-20(24)31/h6-8,10,17,19,22-24,28,30H,1,9,11-14H2,2-5H3/t17-,19+,22?,23-,24-/m0/s1. The predicted molar refractivity (Wildman–Crippen MR) is 128 cm³/mol. The fourth-order valence-corrected chi connectivity index (χ4v) is 6.07. The summed E-state index contributed by atoms with van der Waals surface area (Å²) in [5, 5.41) is 22.3. The van der Waals surface area contributed by atoms with Crippen molar-refractivity contribution in [1.82, 2.24) is 0 Å². The number of carbonyl (C=O) groups excluding carboxylic acids is 2. The van der Waals surface area contributed by atoms with Gasteiger partial charge in [-0.1, -0.05) is 56.3 Å². The van der Waals surface area contributed by atoms with Crippen LogP contribution in [0.1, 0.15) is 64.9 Å². The molecule has 1 aromatic rings. The summed E-state index contributed by atoms with van der Waals surface area (Å²) in [7, 11) is 0. The van der Waals surface area contributed by atoms with E-state index in [-0.39, 0.29) is 29.0 Å². The van der Waals surface area contributed by atoms with Crippen molar-refractivity contribution in [3.63, 3.8) is 0 Å². The lowest BCUT2D eigenvalue weighted by Crippen LogP contribution is -2.51. The van der Waals surface area contributed by atoms with Crippen LogP contribution in [0.2, 0.25) is 0 Å². The van der Waals surface area contributed by atoms with Gasteiger partial charge in [-0.2, -0.15) is 0 Å². The largest absolute Gasteiger partial charge is 0.489 e. The summed E-state index contributed by atoms with van der Waals surface area (Å²) in [5.41, 5.74) is 0.0398. The van der Waals surface area contributed by atoms with E-state index in [0.717, 1.165) is 4.47 Å². The zero-order valence-corrected chi connectivity index (χ0v) is 21.0. The van der Waals surface area contributed by atoms with Crippen molar-refractivity contribution in [3.8, 4) is 5.75 Å². The number of Topliss-reactive ketones (excluding diaryl/α,β-unsaturated/α-hetero) is 2. The molecule has 5 atom stereocenters. The first kappa shape index (κ1) is 25.1. The lowest BCUT2D eigenvalue weighted by atomic mass is 9.58. The second kappa shape index (κ2) is 9.40. The van der Waals surface area contributed by atoms with Gasteiger partial charge in [0.05, 0.1) is 24.0 Å². The lowest BCUT2D eigenvalue weighted by Gasteiger charge is -2.46. The van der Waals surface area contributed by atoms with E-state index in [2.05, 4.69) is 22.5 Å². The molecule has 2 fully saturated rings. The first-order valence-corrected chi connectivity index (χ1v) is 12.1. The Hall–Kier alpha value is -1.50. The molecule has 5 nitrogen and oxygen atoms in total. The minimum Gasteiger partial charge on any atom is -0.489 e. The highest BCUT2D eigenvalue weighted by Crippen LogP contribution is 2.51. The summed E-state index contributed by atoms with van der Waals surface area (Å²) in [5.74, 6) is -1.85. The summed E-state index contributed by atoms with van der Waals surface area (Å²) in [6, 6.07) is 5.48. The summed E-state index contributed by atoms with van der Waals surface area (Å²) in [4.78, 5) is 26.8. The molecular weight excluding hydrogens is 472 g/mol. The van der Waals surface area contributed by atoms with Crippen LogP contribution in [0.4, 0.5) is 0 Å². The van der Waals surface area contributed by atoms with E-state index in [9.17, 15) is 19.8 Å². The Morgan fingerprint density at radius 2 is 1.56 bits per heavy atom. The van der Waals surface area contributed by atoms with E-state index < -0.39 is 30.0 Å². The molecule has 0 aliphatic heterocycles. The predicted octanol–water partition coefficient (Wildman–Crippen LogP) is 4.83. The van der Waals surface area contributed by atoms with E-state index in [4.69, 9.17) is 4.74 Å². The SMILES string of the molecule is C=CCOc1ccc(Br)cc1C([C@@H]1C(=O)CC(C)(C)C[C@H]1O)[C@@H]1C(=O)CC(C)(C)C[C@@H]1O. The minimum atomic E-state index is -0.905. The molecule has 6 heteroatoms. The molecular formula is C26H35BrO5. The Labute approximate surface area is 199 Å². The van der Waals surface area contributed by atoms with Gasteiger partial charge in [0.1, 0.15) is 23.9 Å². The fourth-order valence-electron chi connectivity index (χ4n) is 5.69. The van der Waals surface area contributed by atoms with Crippen LogP contribution >= 0.6 is 15.9 Å².